The molecule has 7 nitrogen and oxygen atoms in total. The van der Waals surface area contributed by atoms with Crippen LogP contribution in [0.1, 0.15) is 11.1 Å². The first kappa shape index (κ1) is 16.5. The quantitative estimate of drug-likeness (QED) is 0.545. The Balaban J connectivity index is 2.08. The van der Waals surface area contributed by atoms with E-state index in [4.69, 9.17) is 5.73 Å². The molecular weight excluding hydrogens is 318 g/mol. The van der Waals surface area contributed by atoms with Crippen molar-refractivity contribution in [3.8, 4) is 0 Å². The second-order valence-corrected chi connectivity index (χ2v) is 6.46. The van der Waals surface area contributed by atoms with E-state index in [0.717, 1.165) is 0 Å². The van der Waals surface area contributed by atoms with Crippen molar-refractivity contribution in [2.75, 3.05) is 4.72 Å². The number of primary amides is 1. The third-order valence-corrected chi connectivity index (χ3v) is 4.09. The topological polar surface area (TPSA) is 122 Å². The van der Waals surface area contributed by atoms with Crippen LogP contribution in [0.2, 0.25) is 0 Å². The summed E-state index contributed by atoms with van der Waals surface area (Å²) < 4.78 is 26.6. The number of hydrogen-bond acceptors (Lipinski definition) is 5. The number of sulfonamides is 1. The van der Waals surface area contributed by atoms with Crippen LogP contribution in [0.3, 0.4) is 0 Å². The van der Waals surface area contributed by atoms with Crippen molar-refractivity contribution in [1.29, 1.82) is 0 Å². The van der Waals surface area contributed by atoms with Crippen LogP contribution in [-0.4, -0.2) is 24.4 Å². The first-order valence-corrected chi connectivity index (χ1v) is 8.21. The second kappa shape index (κ2) is 6.93. The van der Waals surface area contributed by atoms with Gasteiger partial charge in [0.2, 0.25) is 10.0 Å². The minimum absolute atomic E-state index is 0.215. The van der Waals surface area contributed by atoms with Gasteiger partial charge in [-0.1, -0.05) is 24.3 Å². The molecule has 0 spiro atoms. The summed E-state index contributed by atoms with van der Waals surface area (Å²) in [4.78, 5) is 14.6. The van der Waals surface area contributed by atoms with Crippen LogP contribution in [0.4, 0.5) is 5.69 Å². The molecule has 0 fully saturated rings. The van der Waals surface area contributed by atoms with Gasteiger partial charge in [-0.3, -0.25) is 14.5 Å². The Bertz CT molecular complexity index is 816. The highest BCUT2D eigenvalue weighted by atomic mass is 32.2. The summed E-state index contributed by atoms with van der Waals surface area (Å²) >= 11 is 0. The number of carbonyl (C=O) groups is 1. The zero-order valence-electron chi connectivity index (χ0n) is 12.0. The van der Waals surface area contributed by atoms with Crippen LogP contribution >= 0.6 is 0 Å². The molecule has 2 rings (SSSR count). The normalized spacial score (nSPS) is 11.9. The van der Waals surface area contributed by atoms with E-state index in [1.54, 1.807) is 42.6 Å². The molecule has 1 aromatic heterocycles. The molecule has 1 aromatic carbocycles. The van der Waals surface area contributed by atoms with Crippen LogP contribution in [0.5, 0.6) is 0 Å². The number of benzene rings is 1. The van der Waals surface area contributed by atoms with Gasteiger partial charge in [0.05, 0.1) is 17.6 Å². The molecule has 8 heteroatoms. The Morgan fingerprint density at radius 1 is 1.26 bits per heavy atom. The molecule has 0 saturated carbocycles. The minimum Gasteiger partial charge on any atom is -0.503 e. The molecule has 23 heavy (non-hydrogen) atoms. The number of hydrogen-bond donors (Lipinski definition) is 3. The van der Waals surface area contributed by atoms with E-state index in [0.29, 0.717) is 16.8 Å². The summed E-state index contributed by atoms with van der Waals surface area (Å²) in [6.45, 7) is 0. The number of nitrogens with zero attached hydrogens (tertiary/aromatic N) is 1. The van der Waals surface area contributed by atoms with Gasteiger partial charge in [-0.15, -0.1) is 0 Å². The first-order chi connectivity index (χ1) is 10.9. The van der Waals surface area contributed by atoms with Crippen molar-refractivity contribution in [3.05, 3.63) is 65.7 Å². The monoisotopic (exact) mass is 333 g/mol. The molecular formula is C15H15N3O4S. The lowest BCUT2D eigenvalue weighted by Gasteiger charge is -2.07. The van der Waals surface area contributed by atoms with Gasteiger partial charge in [-0.05, 0) is 29.3 Å². The van der Waals surface area contributed by atoms with Gasteiger partial charge < -0.3 is 10.8 Å². The Kier molecular flexibility index (Phi) is 4.97. The third kappa shape index (κ3) is 5.11. The molecule has 4 N–H and O–H groups in total. The molecule has 0 radical (unpaired) electrons. The van der Waals surface area contributed by atoms with E-state index >= 15 is 0 Å². The summed E-state index contributed by atoms with van der Waals surface area (Å²) in [6, 6.07) is 9.56. The van der Waals surface area contributed by atoms with Crippen LogP contribution in [-0.2, 0) is 20.6 Å². The van der Waals surface area contributed by atoms with E-state index in [1.165, 1.54) is 12.3 Å². The second-order valence-electron chi connectivity index (χ2n) is 4.74. The number of carbonyl (C=O) groups excluding carboxylic acids is 1. The van der Waals surface area contributed by atoms with Crippen molar-refractivity contribution in [1.82, 2.24) is 4.98 Å². The molecule has 120 valence electrons. The molecule has 0 unspecified atom stereocenters. The highest BCUT2D eigenvalue weighted by Gasteiger charge is 2.12. The predicted octanol–water partition coefficient (Wildman–Crippen LogP) is 1.41. The summed E-state index contributed by atoms with van der Waals surface area (Å²) in [6.07, 6.45) is 4.16. The average Bonchev–Trinajstić information content (AvgIpc) is 2.49. The lowest BCUT2D eigenvalue weighted by Crippen LogP contribution is -2.15. The summed E-state index contributed by atoms with van der Waals surface area (Å²) in [5.41, 5.74) is 6.39. The zero-order chi connectivity index (χ0) is 16.9. The maximum atomic E-state index is 12.1. The highest BCUT2D eigenvalue weighted by Crippen LogP contribution is 2.13. The van der Waals surface area contributed by atoms with Crippen LogP contribution < -0.4 is 10.5 Å². The number of amides is 1. The van der Waals surface area contributed by atoms with Crippen molar-refractivity contribution < 1.29 is 18.3 Å². The van der Waals surface area contributed by atoms with Crippen LogP contribution in [0.25, 0.3) is 6.08 Å². The fraction of sp³-hybridized carbons (Fsp3) is 0.0667. The van der Waals surface area contributed by atoms with E-state index < -0.39 is 21.7 Å². The smallest absolute Gasteiger partial charge is 0.283 e. The number of aromatic nitrogens is 1. The summed E-state index contributed by atoms with van der Waals surface area (Å²) in [5.74, 6) is -1.71. The molecule has 0 saturated heterocycles. The van der Waals surface area contributed by atoms with Gasteiger partial charge in [0, 0.05) is 6.20 Å². The Hall–Kier alpha value is -2.87. The first-order valence-electron chi connectivity index (χ1n) is 6.56. The minimum atomic E-state index is -3.57. The molecule has 1 heterocycles. The van der Waals surface area contributed by atoms with Crippen LogP contribution in [0, 0.1) is 0 Å². The number of aliphatic hydroxyl groups excluding tert-OH is 1. The SMILES string of the molecule is NC(=O)C(O)=Cc1ccc(CS(=O)(=O)Nc2cccnc2)cc1. The number of nitrogens with two attached hydrogens (primary N) is 1. The van der Waals surface area contributed by atoms with Crippen molar-refractivity contribution in [3.63, 3.8) is 0 Å². The average molecular weight is 333 g/mol. The number of aliphatic hydroxyl groups is 1. The van der Waals surface area contributed by atoms with E-state index in [-0.39, 0.29) is 5.75 Å². The molecule has 0 bridgehead atoms. The van der Waals surface area contributed by atoms with Gasteiger partial charge >= 0.3 is 0 Å². The Labute approximate surface area is 133 Å². The third-order valence-electron chi connectivity index (χ3n) is 2.83. The molecule has 0 aliphatic rings. The Morgan fingerprint density at radius 3 is 2.52 bits per heavy atom. The van der Waals surface area contributed by atoms with E-state index in [1.807, 2.05) is 0 Å². The fourth-order valence-corrected chi connectivity index (χ4v) is 2.98. The number of anilines is 1. The van der Waals surface area contributed by atoms with E-state index in [2.05, 4.69) is 9.71 Å². The molecule has 0 atom stereocenters. The number of pyridine rings is 1. The molecule has 2 aromatic rings. The largest absolute Gasteiger partial charge is 0.503 e. The van der Waals surface area contributed by atoms with Gasteiger partial charge in [0.1, 0.15) is 0 Å². The van der Waals surface area contributed by atoms with Crippen LogP contribution in [0.15, 0.2) is 54.6 Å². The zero-order valence-corrected chi connectivity index (χ0v) is 12.8. The molecule has 0 aliphatic heterocycles. The maximum absolute atomic E-state index is 12.1. The number of rotatable bonds is 6. The van der Waals surface area contributed by atoms with Gasteiger partial charge in [0.15, 0.2) is 5.76 Å². The van der Waals surface area contributed by atoms with Gasteiger partial charge in [-0.2, -0.15) is 0 Å². The van der Waals surface area contributed by atoms with Gasteiger partial charge in [0.25, 0.3) is 5.91 Å². The van der Waals surface area contributed by atoms with Crippen molar-refractivity contribution in [2.45, 2.75) is 5.75 Å². The maximum Gasteiger partial charge on any atom is 0.283 e. The lowest BCUT2D eigenvalue weighted by atomic mass is 10.1. The molecule has 0 aliphatic carbocycles. The molecule has 1 amide bonds. The van der Waals surface area contributed by atoms with Crippen molar-refractivity contribution >= 4 is 27.7 Å². The summed E-state index contributed by atoms with van der Waals surface area (Å²) in [5, 5.41) is 9.27. The lowest BCUT2D eigenvalue weighted by molar-refractivity contribution is -0.116. The highest BCUT2D eigenvalue weighted by molar-refractivity contribution is 7.91. The van der Waals surface area contributed by atoms with E-state index in [9.17, 15) is 18.3 Å². The predicted molar refractivity (Wildman–Crippen MR) is 86.7 cm³/mol. The summed E-state index contributed by atoms with van der Waals surface area (Å²) in [7, 11) is -3.57. The number of nitrogens with one attached hydrogen (secondary N) is 1. The van der Waals surface area contributed by atoms with Crippen molar-refractivity contribution in [2.24, 2.45) is 5.73 Å². The van der Waals surface area contributed by atoms with Gasteiger partial charge in [-0.25, -0.2) is 8.42 Å². The standard InChI is InChI=1S/C15H15N3O4S/c16-15(20)14(19)8-11-3-5-12(6-4-11)10-23(21,22)18-13-2-1-7-17-9-13/h1-9,18-19H,10H2,(H2,16,20). The fourth-order valence-electron chi connectivity index (χ4n) is 1.80. The Morgan fingerprint density at radius 2 is 1.96 bits per heavy atom.